The van der Waals surface area contributed by atoms with Crippen LogP contribution in [0.25, 0.3) is 6.08 Å². The number of unbranched alkanes of at least 4 members (excludes halogenated alkanes) is 1. The highest BCUT2D eigenvalue weighted by molar-refractivity contribution is 5.91. The molecule has 64 heavy (non-hydrogen) atoms. The van der Waals surface area contributed by atoms with Crippen LogP contribution in [-0.4, -0.2) is 165 Å². The Morgan fingerprint density at radius 2 is 1.58 bits per heavy atom. The molecule has 4 heterocycles. The number of nitrogens with one attached hydrogen (secondary N) is 7. The van der Waals surface area contributed by atoms with E-state index in [1.165, 1.54) is 6.08 Å². The highest BCUT2D eigenvalue weighted by Crippen LogP contribution is 2.29. The lowest BCUT2D eigenvalue weighted by atomic mass is 9.95. The first-order chi connectivity index (χ1) is 30.1. The number of ether oxygens (including phenoxy) is 6. The smallest absolute Gasteiger partial charge is 0.407 e. The Morgan fingerprint density at radius 3 is 2.27 bits per heavy atom. The third kappa shape index (κ3) is 14.5. The molecule has 8 amide bonds. The summed E-state index contributed by atoms with van der Waals surface area (Å²) in [5.74, 6) is -0.317. The maximum Gasteiger partial charge on any atom is 0.407 e. The molecular weight excluding hydrogens is 870 g/mol. The van der Waals surface area contributed by atoms with Gasteiger partial charge < -0.3 is 105 Å². The number of aliphatic hydroxyl groups excluding tert-OH is 2. The minimum absolute atomic E-state index is 0. The summed E-state index contributed by atoms with van der Waals surface area (Å²) in [6.07, 6.45) is -4.84. The molecule has 1 aromatic carbocycles. The molecule has 0 saturated carbocycles. The van der Waals surface area contributed by atoms with Gasteiger partial charge in [-0.15, -0.1) is 12.4 Å². The van der Waals surface area contributed by atoms with Gasteiger partial charge >= 0.3 is 24.2 Å². The molecule has 26 nitrogen and oxygen atoms in total. The molecule has 4 aliphatic heterocycles. The standard InChI is InChI=1S/C37H59N13O13.ClH/c1-17-23(29(53)27(45-33(39)40)32(60-17)61-19-8-5-18(6-9-19)7-10-22(51)44-14-4-13-43-12-3-2-11-38)48-36(56)50-30-26(47-35(42)55)28(52)21(16-58-30)62-31-25(46-34(41)54)24-20(15-59-31)63-37(57)49-24;/h5-10,17,20-21,23-32,43,52-53H,2-4,11-16,38H2,1H3,(H,44,51)(H,49,57)(H4,39,40,45)(H3,41,46,54)(H3,42,47,55)(H2,48,50,56);1H. The summed E-state index contributed by atoms with van der Waals surface area (Å²) in [6.45, 7) is 3.91. The number of hydrogen-bond acceptors (Lipinski definition) is 16. The van der Waals surface area contributed by atoms with E-state index in [-0.39, 0.29) is 31.5 Å². The molecule has 0 aromatic heterocycles. The number of aliphatic imine (C=N–C) groups is 1. The van der Waals surface area contributed by atoms with Gasteiger partial charge in [0, 0.05) is 12.6 Å². The summed E-state index contributed by atoms with van der Waals surface area (Å²) >= 11 is 0. The van der Waals surface area contributed by atoms with E-state index < -0.39 is 110 Å². The van der Waals surface area contributed by atoms with Gasteiger partial charge in [0.15, 0.2) is 18.5 Å². The van der Waals surface area contributed by atoms with Gasteiger partial charge in [-0.1, -0.05) is 12.1 Å². The van der Waals surface area contributed by atoms with Crippen molar-refractivity contribution in [2.45, 2.75) is 106 Å². The predicted octanol–water partition coefficient (Wildman–Crippen LogP) is -4.24. The summed E-state index contributed by atoms with van der Waals surface area (Å²) in [5.41, 5.74) is 28.3. The van der Waals surface area contributed by atoms with Crippen LogP contribution in [0.4, 0.5) is 19.2 Å². The van der Waals surface area contributed by atoms with E-state index in [0.717, 1.165) is 32.4 Å². The fraction of sp³-hybridized carbons (Fsp3) is 0.622. The van der Waals surface area contributed by atoms with E-state index in [1.807, 2.05) is 0 Å². The van der Waals surface area contributed by atoms with Crippen molar-refractivity contribution >= 4 is 54.5 Å². The number of carbonyl (C=O) groups excluding carboxylic acids is 5. The normalized spacial score (nSPS) is 30.9. The molecule has 4 saturated heterocycles. The molecule has 4 fully saturated rings. The van der Waals surface area contributed by atoms with Crippen LogP contribution < -0.4 is 70.6 Å². The quantitative estimate of drug-likeness (QED) is 0.0270. The van der Waals surface area contributed by atoms with Crippen LogP contribution >= 0.6 is 12.4 Å². The number of hydrogen-bond donors (Lipinski definition) is 14. The van der Waals surface area contributed by atoms with Crippen LogP contribution in [-0.2, 0) is 28.5 Å². The van der Waals surface area contributed by atoms with Crippen molar-refractivity contribution in [3.05, 3.63) is 35.9 Å². The van der Waals surface area contributed by atoms with Gasteiger partial charge in [0.2, 0.25) is 12.2 Å². The number of halogens is 1. The average Bonchev–Trinajstić information content (AvgIpc) is 3.62. The number of amides is 8. The van der Waals surface area contributed by atoms with Gasteiger partial charge in [0.25, 0.3) is 0 Å². The van der Waals surface area contributed by atoms with Crippen molar-refractivity contribution < 1.29 is 62.6 Å². The molecule has 1 aromatic rings. The molecule has 5 rings (SSSR count). The number of aliphatic hydroxyl groups is 2. The Hall–Kier alpha value is -5.45. The molecule has 0 bridgehead atoms. The Kier molecular flexibility index (Phi) is 19.6. The molecule has 27 heteroatoms. The lowest BCUT2D eigenvalue weighted by Crippen LogP contribution is -2.70. The van der Waals surface area contributed by atoms with Crippen LogP contribution in [0.1, 0.15) is 31.7 Å². The number of urea groups is 3. The highest BCUT2D eigenvalue weighted by atomic mass is 35.5. The monoisotopic (exact) mass is 929 g/mol. The van der Waals surface area contributed by atoms with E-state index in [9.17, 15) is 34.2 Å². The number of fused-ring (bicyclic) bond motifs is 1. The van der Waals surface area contributed by atoms with Crippen molar-refractivity contribution in [3.8, 4) is 5.75 Å². The van der Waals surface area contributed by atoms with Gasteiger partial charge in [-0.25, -0.2) is 24.2 Å². The van der Waals surface area contributed by atoms with Gasteiger partial charge in [0.05, 0.1) is 31.4 Å². The zero-order valence-electron chi connectivity index (χ0n) is 35.0. The van der Waals surface area contributed by atoms with E-state index in [2.05, 4.69) is 42.2 Å². The number of carbonyl (C=O) groups is 5. The third-order valence-corrected chi connectivity index (χ3v) is 10.4. The number of rotatable bonds is 19. The lowest BCUT2D eigenvalue weighted by molar-refractivity contribution is -0.260. The number of nitrogens with two attached hydrogens (primary N) is 5. The van der Waals surface area contributed by atoms with Crippen molar-refractivity contribution in [2.24, 2.45) is 33.7 Å². The predicted molar refractivity (Wildman–Crippen MR) is 228 cm³/mol. The first kappa shape index (κ1) is 51.2. The molecule has 0 aliphatic carbocycles. The average molecular weight is 930 g/mol. The van der Waals surface area contributed by atoms with Crippen molar-refractivity contribution in [2.75, 3.05) is 39.4 Å². The highest BCUT2D eigenvalue weighted by Gasteiger charge is 2.51. The number of guanidine groups is 1. The Bertz CT molecular complexity index is 1780. The van der Waals surface area contributed by atoms with Crippen LogP contribution in [0, 0.1) is 0 Å². The second kappa shape index (κ2) is 24.6. The molecule has 0 radical (unpaired) electrons. The lowest BCUT2D eigenvalue weighted by Gasteiger charge is -2.44. The van der Waals surface area contributed by atoms with Crippen LogP contribution in [0.15, 0.2) is 35.3 Å². The summed E-state index contributed by atoms with van der Waals surface area (Å²) in [5, 5.41) is 41.4. The van der Waals surface area contributed by atoms with Crippen LogP contribution in [0.3, 0.4) is 0 Å². The zero-order chi connectivity index (χ0) is 45.6. The molecule has 4 aliphatic rings. The molecule has 13 unspecified atom stereocenters. The fourth-order valence-corrected chi connectivity index (χ4v) is 7.33. The van der Waals surface area contributed by atoms with Crippen LogP contribution in [0.2, 0.25) is 0 Å². The first-order valence-corrected chi connectivity index (χ1v) is 20.4. The van der Waals surface area contributed by atoms with E-state index in [1.54, 1.807) is 37.3 Å². The zero-order valence-corrected chi connectivity index (χ0v) is 35.8. The summed E-state index contributed by atoms with van der Waals surface area (Å²) in [7, 11) is 0. The number of benzene rings is 1. The van der Waals surface area contributed by atoms with E-state index in [0.29, 0.717) is 24.4 Å². The van der Waals surface area contributed by atoms with Gasteiger partial charge in [0.1, 0.15) is 48.3 Å². The summed E-state index contributed by atoms with van der Waals surface area (Å²) < 4.78 is 34.6. The number of nitrogens with zero attached hydrogens (tertiary/aromatic N) is 1. The second-order valence-electron chi connectivity index (χ2n) is 15.1. The minimum atomic E-state index is -1.60. The number of primary amides is 2. The maximum atomic E-state index is 13.4. The molecular formula is C37H60ClN13O13. The van der Waals surface area contributed by atoms with Crippen molar-refractivity contribution in [1.29, 1.82) is 0 Å². The second-order valence-corrected chi connectivity index (χ2v) is 15.1. The van der Waals surface area contributed by atoms with E-state index >= 15 is 0 Å². The number of alkyl carbamates (subject to hydrolysis) is 1. The Labute approximate surface area is 374 Å². The van der Waals surface area contributed by atoms with Crippen molar-refractivity contribution in [1.82, 2.24) is 37.2 Å². The summed E-state index contributed by atoms with van der Waals surface area (Å²) in [4.78, 5) is 65.5. The van der Waals surface area contributed by atoms with Gasteiger partial charge in [-0.2, -0.15) is 0 Å². The molecule has 19 N–H and O–H groups in total. The third-order valence-electron chi connectivity index (χ3n) is 10.4. The Morgan fingerprint density at radius 1 is 0.875 bits per heavy atom. The van der Waals surface area contributed by atoms with Crippen LogP contribution in [0.5, 0.6) is 5.75 Å². The van der Waals surface area contributed by atoms with Gasteiger partial charge in [-0.05, 0) is 69.6 Å². The maximum absolute atomic E-state index is 13.4. The fourth-order valence-electron chi connectivity index (χ4n) is 7.33. The summed E-state index contributed by atoms with van der Waals surface area (Å²) in [6, 6.07) is -1.96. The first-order valence-electron chi connectivity index (χ1n) is 20.4. The topological polar surface area (TPSA) is 408 Å². The Balaban J connectivity index is 0.00000898. The SMILES string of the molecule is CC1OC(Oc2ccc(C=CC(=O)NCCCNCCCCN)cc2)C(N=C(N)N)C(O)C1NC(=O)NC1OCC(OC2OCC3OC(=O)NC3C2NC(N)=O)C(O)C1NC(N)=O.Cl. The minimum Gasteiger partial charge on any atom is -0.462 e. The molecule has 13 atom stereocenters. The molecule has 0 spiro atoms. The largest absolute Gasteiger partial charge is 0.462 e. The van der Waals surface area contributed by atoms with Crippen molar-refractivity contribution in [3.63, 3.8) is 0 Å². The molecule has 358 valence electrons. The van der Waals surface area contributed by atoms with Gasteiger partial charge in [-0.3, -0.25) is 4.79 Å². The van der Waals surface area contributed by atoms with E-state index in [4.69, 9.17) is 57.1 Å².